The second kappa shape index (κ2) is 5.72. The Morgan fingerprint density at radius 3 is 2.14 bits per heavy atom. The maximum absolute atomic E-state index is 3.44. The zero-order valence-corrected chi connectivity index (χ0v) is 10.2. The molecule has 1 aliphatic rings. The van der Waals surface area contributed by atoms with Gasteiger partial charge in [0.05, 0.1) is 0 Å². The van der Waals surface area contributed by atoms with E-state index in [-0.39, 0.29) is 0 Å². The Hall–Kier alpha value is -0.0800. The first kappa shape index (κ1) is 12.0. The Bertz CT molecular complexity index is 148. The molecule has 0 saturated carbocycles. The Kier molecular flexibility index (Phi) is 4.90. The zero-order valence-electron chi connectivity index (χ0n) is 10.2. The molecule has 1 saturated heterocycles. The van der Waals surface area contributed by atoms with E-state index in [0.29, 0.717) is 6.04 Å². The fraction of sp³-hybridized carbons (Fsp3) is 1.00. The Labute approximate surface area is 89.1 Å². The summed E-state index contributed by atoms with van der Waals surface area (Å²) in [4.78, 5) is 2.69. The topological polar surface area (TPSA) is 15.3 Å². The number of hydrogen-bond acceptors (Lipinski definition) is 2. The van der Waals surface area contributed by atoms with Crippen LogP contribution < -0.4 is 5.32 Å². The third-order valence-corrected chi connectivity index (χ3v) is 3.02. The lowest BCUT2D eigenvalue weighted by Gasteiger charge is -2.38. The van der Waals surface area contributed by atoms with Gasteiger partial charge in [-0.3, -0.25) is 4.90 Å². The van der Waals surface area contributed by atoms with Gasteiger partial charge in [-0.1, -0.05) is 13.8 Å². The molecule has 2 nitrogen and oxygen atoms in total. The van der Waals surface area contributed by atoms with Crippen LogP contribution >= 0.6 is 0 Å². The molecule has 1 N–H and O–H groups in total. The summed E-state index contributed by atoms with van der Waals surface area (Å²) in [7, 11) is 0. The van der Waals surface area contributed by atoms with Crippen molar-refractivity contribution in [1.29, 1.82) is 0 Å². The lowest BCUT2D eigenvalue weighted by Crippen LogP contribution is -2.47. The van der Waals surface area contributed by atoms with Gasteiger partial charge in [0.15, 0.2) is 0 Å². The van der Waals surface area contributed by atoms with Crippen molar-refractivity contribution in [1.82, 2.24) is 10.2 Å². The van der Waals surface area contributed by atoms with Crippen LogP contribution in [0.4, 0.5) is 0 Å². The highest BCUT2D eigenvalue weighted by Gasteiger charge is 2.23. The standard InChI is InChI=1S/C12H26N2/c1-10(2)9-14(11(3)4)12-5-7-13-8-6-12/h10-13H,5-9H2,1-4H3. The summed E-state index contributed by atoms with van der Waals surface area (Å²) in [5.41, 5.74) is 0. The third kappa shape index (κ3) is 3.58. The first-order valence-corrected chi connectivity index (χ1v) is 6.07. The lowest BCUT2D eigenvalue weighted by molar-refractivity contribution is 0.110. The van der Waals surface area contributed by atoms with Crippen LogP contribution in [-0.4, -0.2) is 36.6 Å². The molecule has 1 heterocycles. The summed E-state index contributed by atoms with van der Waals surface area (Å²) in [5.74, 6) is 0.785. The molecule has 0 radical (unpaired) electrons. The summed E-state index contributed by atoms with van der Waals surface area (Å²) in [6.45, 7) is 12.9. The SMILES string of the molecule is CC(C)CN(C(C)C)C1CCNCC1. The third-order valence-electron chi connectivity index (χ3n) is 3.02. The van der Waals surface area contributed by atoms with Gasteiger partial charge < -0.3 is 5.32 Å². The van der Waals surface area contributed by atoms with Gasteiger partial charge >= 0.3 is 0 Å². The minimum atomic E-state index is 0.695. The van der Waals surface area contributed by atoms with Gasteiger partial charge in [-0.15, -0.1) is 0 Å². The normalized spacial score (nSPS) is 19.9. The molecule has 0 aromatic carbocycles. The van der Waals surface area contributed by atoms with Crippen molar-refractivity contribution < 1.29 is 0 Å². The van der Waals surface area contributed by atoms with E-state index < -0.39 is 0 Å². The number of hydrogen-bond donors (Lipinski definition) is 1. The molecule has 1 aliphatic heterocycles. The molecule has 0 aromatic heterocycles. The van der Waals surface area contributed by atoms with E-state index in [2.05, 4.69) is 37.9 Å². The van der Waals surface area contributed by atoms with Gasteiger partial charge in [0, 0.05) is 18.6 Å². The molecule has 0 bridgehead atoms. The predicted octanol–water partition coefficient (Wildman–Crippen LogP) is 2.10. The minimum absolute atomic E-state index is 0.695. The van der Waals surface area contributed by atoms with Crippen LogP contribution in [0.3, 0.4) is 0 Å². The summed E-state index contributed by atoms with van der Waals surface area (Å²) < 4.78 is 0. The Morgan fingerprint density at radius 2 is 1.71 bits per heavy atom. The zero-order chi connectivity index (χ0) is 10.6. The predicted molar refractivity (Wildman–Crippen MR) is 62.6 cm³/mol. The van der Waals surface area contributed by atoms with E-state index in [9.17, 15) is 0 Å². The molecule has 0 spiro atoms. The van der Waals surface area contributed by atoms with E-state index in [1.807, 2.05) is 0 Å². The summed E-state index contributed by atoms with van der Waals surface area (Å²) in [5, 5.41) is 3.44. The molecule has 0 aromatic rings. The lowest BCUT2D eigenvalue weighted by atomic mass is 10.0. The van der Waals surface area contributed by atoms with Gasteiger partial charge in [-0.2, -0.15) is 0 Å². The van der Waals surface area contributed by atoms with Crippen molar-refractivity contribution >= 4 is 0 Å². The largest absolute Gasteiger partial charge is 0.317 e. The van der Waals surface area contributed by atoms with Crippen LogP contribution in [0.5, 0.6) is 0 Å². The van der Waals surface area contributed by atoms with Crippen LogP contribution in [0, 0.1) is 5.92 Å². The van der Waals surface area contributed by atoms with Gasteiger partial charge in [0.2, 0.25) is 0 Å². The van der Waals surface area contributed by atoms with Crippen LogP contribution in [-0.2, 0) is 0 Å². The molecule has 0 unspecified atom stereocenters. The molecule has 84 valence electrons. The van der Waals surface area contributed by atoms with Crippen molar-refractivity contribution in [2.75, 3.05) is 19.6 Å². The van der Waals surface area contributed by atoms with Crippen LogP contribution in [0.15, 0.2) is 0 Å². The molecule has 0 atom stereocenters. The first-order chi connectivity index (χ1) is 6.61. The molecule has 2 heteroatoms. The summed E-state index contributed by atoms with van der Waals surface area (Å²) in [6.07, 6.45) is 2.65. The highest BCUT2D eigenvalue weighted by Crippen LogP contribution is 2.16. The maximum Gasteiger partial charge on any atom is 0.0122 e. The quantitative estimate of drug-likeness (QED) is 0.744. The summed E-state index contributed by atoms with van der Waals surface area (Å²) >= 11 is 0. The number of piperidine rings is 1. The van der Waals surface area contributed by atoms with Gasteiger partial charge in [-0.25, -0.2) is 0 Å². The van der Waals surface area contributed by atoms with Crippen molar-refractivity contribution in [2.24, 2.45) is 5.92 Å². The second-order valence-corrected chi connectivity index (χ2v) is 5.17. The Balaban J connectivity index is 2.47. The first-order valence-electron chi connectivity index (χ1n) is 6.07. The van der Waals surface area contributed by atoms with E-state index in [4.69, 9.17) is 0 Å². The van der Waals surface area contributed by atoms with Gasteiger partial charge in [0.25, 0.3) is 0 Å². The van der Waals surface area contributed by atoms with E-state index in [1.54, 1.807) is 0 Å². The van der Waals surface area contributed by atoms with Crippen LogP contribution in [0.25, 0.3) is 0 Å². The number of nitrogens with one attached hydrogen (secondary N) is 1. The smallest absolute Gasteiger partial charge is 0.0122 e. The van der Waals surface area contributed by atoms with E-state index in [0.717, 1.165) is 12.0 Å². The van der Waals surface area contributed by atoms with Crippen LogP contribution in [0.1, 0.15) is 40.5 Å². The number of nitrogens with zero attached hydrogens (tertiary/aromatic N) is 1. The highest BCUT2D eigenvalue weighted by molar-refractivity contribution is 4.80. The van der Waals surface area contributed by atoms with Crippen molar-refractivity contribution in [2.45, 2.75) is 52.6 Å². The van der Waals surface area contributed by atoms with Crippen molar-refractivity contribution in [3.8, 4) is 0 Å². The number of rotatable bonds is 4. The molecule has 0 amide bonds. The Morgan fingerprint density at radius 1 is 1.14 bits per heavy atom. The monoisotopic (exact) mass is 198 g/mol. The van der Waals surface area contributed by atoms with Gasteiger partial charge in [-0.05, 0) is 45.7 Å². The van der Waals surface area contributed by atoms with E-state index in [1.165, 1.54) is 32.5 Å². The molecule has 0 aliphatic carbocycles. The maximum atomic E-state index is 3.44. The minimum Gasteiger partial charge on any atom is -0.317 e. The second-order valence-electron chi connectivity index (χ2n) is 5.17. The van der Waals surface area contributed by atoms with Crippen LogP contribution in [0.2, 0.25) is 0 Å². The fourth-order valence-electron chi connectivity index (χ4n) is 2.34. The fourth-order valence-corrected chi connectivity index (χ4v) is 2.34. The molecular formula is C12H26N2. The van der Waals surface area contributed by atoms with Gasteiger partial charge in [0.1, 0.15) is 0 Å². The summed E-state index contributed by atoms with van der Waals surface area (Å²) in [6, 6.07) is 1.51. The molecule has 14 heavy (non-hydrogen) atoms. The van der Waals surface area contributed by atoms with Crippen molar-refractivity contribution in [3.63, 3.8) is 0 Å². The molecule has 1 fully saturated rings. The highest BCUT2D eigenvalue weighted by atomic mass is 15.2. The molecule has 1 rings (SSSR count). The molecular weight excluding hydrogens is 172 g/mol. The van der Waals surface area contributed by atoms with E-state index >= 15 is 0 Å². The average Bonchev–Trinajstić information content (AvgIpc) is 2.15. The average molecular weight is 198 g/mol. The van der Waals surface area contributed by atoms with Crippen molar-refractivity contribution in [3.05, 3.63) is 0 Å².